The third-order valence-corrected chi connectivity index (χ3v) is 2.93. The summed E-state index contributed by atoms with van der Waals surface area (Å²) in [6, 6.07) is 5.29. The van der Waals surface area contributed by atoms with Crippen LogP contribution in [0.4, 0.5) is 13.2 Å². The van der Waals surface area contributed by atoms with Gasteiger partial charge in [-0.1, -0.05) is 31.4 Å². The molecule has 3 N–H and O–H groups in total. The molecule has 1 aromatic rings. The molecule has 0 saturated carbocycles. The molecule has 1 aromatic carbocycles. The van der Waals surface area contributed by atoms with Crippen molar-refractivity contribution in [3.05, 3.63) is 29.8 Å². The van der Waals surface area contributed by atoms with Gasteiger partial charge in [0.25, 0.3) is 0 Å². The Labute approximate surface area is 122 Å². The largest absolute Gasteiger partial charge is 0.573 e. The summed E-state index contributed by atoms with van der Waals surface area (Å²) in [7, 11) is 0. The van der Waals surface area contributed by atoms with Gasteiger partial charge in [-0.15, -0.1) is 19.6 Å². The van der Waals surface area contributed by atoms with Crippen LogP contribution in [0.25, 0.3) is 0 Å². The fourth-order valence-electron chi connectivity index (χ4n) is 1.95. The van der Waals surface area contributed by atoms with Gasteiger partial charge in [-0.25, -0.2) is 0 Å². The van der Waals surface area contributed by atoms with Crippen LogP contribution in [0, 0.1) is 12.3 Å². The van der Waals surface area contributed by atoms with Crippen LogP contribution in [-0.4, -0.2) is 18.9 Å². The third kappa shape index (κ3) is 6.06. The number of terminal acetylenes is 1. The van der Waals surface area contributed by atoms with Crippen molar-refractivity contribution in [2.24, 2.45) is 5.73 Å². The van der Waals surface area contributed by atoms with Gasteiger partial charge in [0, 0.05) is 12.6 Å². The lowest BCUT2D eigenvalue weighted by Gasteiger charge is -2.22. The summed E-state index contributed by atoms with van der Waals surface area (Å²) in [4.78, 5) is 0. The number of ether oxygens (including phenoxy) is 1. The molecule has 0 bridgehead atoms. The molecule has 0 amide bonds. The Kier molecular flexibility index (Phi) is 6.53. The predicted molar refractivity (Wildman–Crippen MR) is 75.6 cm³/mol. The molecule has 2 unspecified atom stereocenters. The van der Waals surface area contributed by atoms with E-state index in [1.807, 2.05) is 6.92 Å². The standard InChI is InChI=1S/C15H19F3N2O/c1-3-5-12(4-2)20-14(10-19)11-6-8-13(9-7-11)21-15(16,17)18/h2,6-9,12,14,20H,3,5,10,19H2,1H3. The monoisotopic (exact) mass is 300 g/mol. The van der Waals surface area contributed by atoms with E-state index in [1.54, 1.807) is 12.1 Å². The zero-order chi connectivity index (χ0) is 15.9. The van der Waals surface area contributed by atoms with Crippen LogP contribution in [0.15, 0.2) is 24.3 Å². The number of nitrogens with two attached hydrogens (primary N) is 1. The van der Waals surface area contributed by atoms with Crippen LogP contribution in [0.1, 0.15) is 31.4 Å². The zero-order valence-electron chi connectivity index (χ0n) is 11.8. The van der Waals surface area contributed by atoms with Gasteiger partial charge in [-0.2, -0.15) is 0 Å². The number of halogens is 3. The van der Waals surface area contributed by atoms with Crippen LogP contribution < -0.4 is 15.8 Å². The minimum Gasteiger partial charge on any atom is -0.406 e. The first-order chi connectivity index (χ1) is 9.89. The van der Waals surface area contributed by atoms with Crippen molar-refractivity contribution in [3.8, 4) is 18.1 Å². The summed E-state index contributed by atoms with van der Waals surface area (Å²) in [5, 5.41) is 3.21. The number of benzene rings is 1. The van der Waals surface area contributed by atoms with Gasteiger partial charge in [0.1, 0.15) is 5.75 Å². The molecule has 0 aliphatic rings. The molecule has 0 aliphatic carbocycles. The maximum atomic E-state index is 12.1. The second-order valence-electron chi connectivity index (χ2n) is 4.58. The Morgan fingerprint density at radius 1 is 1.33 bits per heavy atom. The van der Waals surface area contributed by atoms with Crippen molar-refractivity contribution in [2.75, 3.05) is 6.54 Å². The number of rotatable bonds is 7. The molecule has 6 heteroatoms. The van der Waals surface area contributed by atoms with E-state index in [0.717, 1.165) is 18.4 Å². The molecule has 0 spiro atoms. The number of hydrogen-bond donors (Lipinski definition) is 2. The second kappa shape index (κ2) is 7.91. The Balaban J connectivity index is 2.76. The molecule has 21 heavy (non-hydrogen) atoms. The van der Waals surface area contributed by atoms with Crippen molar-refractivity contribution in [2.45, 2.75) is 38.2 Å². The summed E-state index contributed by atoms with van der Waals surface area (Å²) in [5.41, 5.74) is 6.47. The SMILES string of the molecule is C#CC(CCC)NC(CN)c1ccc(OC(F)(F)F)cc1. The normalized spacial score (nSPS) is 14.3. The lowest BCUT2D eigenvalue weighted by atomic mass is 10.0. The van der Waals surface area contributed by atoms with Crippen molar-refractivity contribution >= 4 is 0 Å². The molecular weight excluding hydrogens is 281 g/mol. The summed E-state index contributed by atoms with van der Waals surface area (Å²) < 4.78 is 40.1. The second-order valence-corrected chi connectivity index (χ2v) is 4.58. The van der Waals surface area contributed by atoms with Gasteiger partial charge < -0.3 is 10.5 Å². The van der Waals surface area contributed by atoms with Gasteiger partial charge in [-0.05, 0) is 24.1 Å². The minimum atomic E-state index is -4.69. The molecule has 116 valence electrons. The molecule has 0 heterocycles. The highest BCUT2D eigenvalue weighted by atomic mass is 19.4. The van der Waals surface area contributed by atoms with E-state index in [-0.39, 0.29) is 17.8 Å². The Morgan fingerprint density at radius 3 is 2.38 bits per heavy atom. The van der Waals surface area contributed by atoms with E-state index in [4.69, 9.17) is 12.2 Å². The van der Waals surface area contributed by atoms with Crippen LogP contribution in [0.5, 0.6) is 5.75 Å². The molecule has 0 saturated heterocycles. The first-order valence-corrected chi connectivity index (χ1v) is 6.67. The van der Waals surface area contributed by atoms with Gasteiger partial charge in [0.05, 0.1) is 6.04 Å². The fraction of sp³-hybridized carbons (Fsp3) is 0.467. The first kappa shape index (κ1) is 17.3. The summed E-state index contributed by atoms with van der Waals surface area (Å²) >= 11 is 0. The molecule has 0 fully saturated rings. The van der Waals surface area contributed by atoms with Crippen molar-refractivity contribution in [1.82, 2.24) is 5.32 Å². The Bertz CT molecular complexity index is 465. The van der Waals surface area contributed by atoms with E-state index in [0.29, 0.717) is 6.54 Å². The van der Waals surface area contributed by atoms with Gasteiger partial charge in [0.15, 0.2) is 0 Å². The van der Waals surface area contributed by atoms with Crippen molar-refractivity contribution in [3.63, 3.8) is 0 Å². The Hall–Kier alpha value is -1.71. The third-order valence-electron chi connectivity index (χ3n) is 2.93. The molecule has 1 rings (SSSR count). The smallest absolute Gasteiger partial charge is 0.406 e. The Morgan fingerprint density at radius 2 is 1.95 bits per heavy atom. The zero-order valence-corrected chi connectivity index (χ0v) is 11.8. The average molecular weight is 300 g/mol. The summed E-state index contributed by atoms with van der Waals surface area (Å²) in [6.45, 7) is 2.31. The van der Waals surface area contributed by atoms with E-state index >= 15 is 0 Å². The molecule has 0 aromatic heterocycles. The highest BCUT2D eigenvalue weighted by Crippen LogP contribution is 2.24. The number of nitrogens with one attached hydrogen (secondary N) is 1. The van der Waals surface area contributed by atoms with E-state index < -0.39 is 6.36 Å². The topological polar surface area (TPSA) is 47.3 Å². The van der Waals surface area contributed by atoms with Gasteiger partial charge >= 0.3 is 6.36 Å². The minimum absolute atomic E-state index is 0.116. The van der Waals surface area contributed by atoms with Crippen LogP contribution >= 0.6 is 0 Å². The molecule has 0 aliphatic heterocycles. The van der Waals surface area contributed by atoms with Gasteiger partial charge in [0.2, 0.25) is 0 Å². The maximum Gasteiger partial charge on any atom is 0.573 e. The van der Waals surface area contributed by atoms with Crippen LogP contribution in [0.2, 0.25) is 0 Å². The molecule has 2 atom stereocenters. The van der Waals surface area contributed by atoms with Crippen LogP contribution in [-0.2, 0) is 0 Å². The molecule has 0 radical (unpaired) electrons. The number of hydrogen-bond acceptors (Lipinski definition) is 3. The van der Waals surface area contributed by atoms with Crippen LogP contribution in [0.3, 0.4) is 0 Å². The quantitative estimate of drug-likeness (QED) is 0.761. The van der Waals surface area contributed by atoms with Gasteiger partial charge in [-0.3, -0.25) is 5.32 Å². The lowest BCUT2D eigenvalue weighted by molar-refractivity contribution is -0.274. The summed E-state index contributed by atoms with van der Waals surface area (Å²) in [5.74, 6) is 2.38. The fourth-order valence-corrected chi connectivity index (χ4v) is 1.95. The lowest BCUT2D eigenvalue weighted by Crippen LogP contribution is -2.35. The molecule has 3 nitrogen and oxygen atoms in total. The van der Waals surface area contributed by atoms with E-state index in [2.05, 4.69) is 16.0 Å². The predicted octanol–water partition coefficient (Wildman–Crippen LogP) is 2.98. The van der Waals surface area contributed by atoms with Crippen molar-refractivity contribution < 1.29 is 17.9 Å². The average Bonchev–Trinajstić information content (AvgIpc) is 2.43. The highest BCUT2D eigenvalue weighted by molar-refractivity contribution is 5.29. The maximum absolute atomic E-state index is 12.1. The summed E-state index contributed by atoms with van der Waals surface area (Å²) in [6.07, 6.45) is 2.48. The molecular formula is C15H19F3N2O. The highest BCUT2D eigenvalue weighted by Gasteiger charge is 2.31. The van der Waals surface area contributed by atoms with E-state index in [1.165, 1.54) is 12.1 Å². The van der Waals surface area contributed by atoms with E-state index in [9.17, 15) is 13.2 Å². The first-order valence-electron chi connectivity index (χ1n) is 6.67. The van der Waals surface area contributed by atoms with Crippen molar-refractivity contribution in [1.29, 1.82) is 0 Å². The number of alkyl halides is 3.